The summed E-state index contributed by atoms with van der Waals surface area (Å²) in [5.41, 5.74) is 0. The highest BCUT2D eigenvalue weighted by molar-refractivity contribution is 6.05. The first-order valence-corrected chi connectivity index (χ1v) is 3.94. The maximum Gasteiger partial charge on any atom is 0.378 e. The van der Waals surface area contributed by atoms with Gasteiger partial charge in [-0.2, -0.15) is 0 Å². The molecule has 0 aliphatic rings. The zero-order chi connectivity index (χ0) is 10.1. The van der Waals surface area contributed by atoms with Gasteiger partial charge < -0.3 is 14.7 Å². The molecule has 0 atom stereocenters. The average molecular weight is 185 g/mol. The van der Waals surface area contributed by atoms with Crippen LogP contribution in [0, 0.1) is 0 Å². The summed E-state index contributed by atoms with van der Waals surface area (Å²) in [5, 5.41) is 2.58. The molecule has 0 aromatic carbocycles. The van der Waals surface area contributed by atoms with Crippen LogP contribution in [0.1, 0.15) is 13.3 Å². The van der Waals surface area contributed by atoms with Crippen LogP contribution in [0.4, 0.5) is 0 Å². The first-order valence-electron chi connectivity index (χ1n) is 3.94. The van der Waals surface area contributed by atoms with Crippen molar-refractivity contribution < 1.29 is 19.0 Å². The molecule has 0 spiro atoms. The minimum Gasteiger partial charge on any atom is -0.542 e. The minimum absolute atomic E-state index is 0.158. The van der Waals surface area contributed by atoms with E-state index in [1.54, 1.807) is 0 Å². The van der Waals surface area contributed by atoms with Crippen LogP contribution in [0.15, 0.2) is 0 Å². The molecule has 0 bridgehead atoms. The number of rotatable bonds is 6. The van der Waals surface area contributed by atoms with Gasteiger partial charge in [-0.15, -0.1) is 0 Å². The molecule has 1 N–H and O–H groups in total. The Labute approximate surface area is 78.2 Å². The fourth-order valence-corrected chi connectivity index (χ4v) is 0.577. The van der Waals surface area contributed by atoms with Crippen LogP contribution in [-0.2, 0) is 19.0 Å². The SMILES string of the molecule is [B]OC(=O)COCC(=O)NCCC. The summed E-state index contributed by atoms with van der Waals surface area (Å²) in [7, 11) is 4.54. The van der Waals surface area contributed by atoms with Gasteiger partial charge in [0, 0.05) is 6.54 Å². The first-order chi connectivity index (χ1) is 6.20. The number of amides is 1. The zero-order valence-corrected chi connectivity index (χ0v) is 7.54. The third kappa shape index (κ3) is 7.33. The molecule has 1 amide bonds. The molecule has 0 fully saturated rings. The molecule has 5 nitrogen and oxygen atoms in total. The summed E-state index contributed by atoms with van der Waals surface area (Å²) < 4.78 is 8.50. The van der Waals surface area contributed by atoms with Gasteiger partial charge in [0.25, 0.3) is 0 Å². The van der Waals surface area contributed by atoms with Crippen LogP contribution in [0.2, 0.25) is 0 Å². The molecule has 0 saturated carbocycles. The molecule has 13 heavy (non-hydrogen) atoms. The molecule has 0 aromatic rings. The van der Waals surface area contributed by atoms with Crippen molar-refractivity contribution in [1.82, 2.24) is 5.32 Å². The first kappa shape index (κ1) is 12.0. The quantitative estimate of drug-likeness (QED) is 0.547. The molecule has 0 heterocycles. The molecule has 0 aliphatic carbocycles. The molecule has 0 aliphatic heterocycles. The normalized spacial score (nSPS) is 9.31. The van der Waals surface area contributed by atoms with Crippen LogP contribution in [0.25, 0.3) is 0 Å². The summed E-state index contributed by atoms with van der Waals surface area (Å²) in [4.78, 5) is 21.3. The smallest absolute Gasteiger partial charge is 0.378 e. The van der Waals surface area contributed by atoms with Crippen LogP contribution >= 0.6 is 0 Å². The lowest BCUT2D eigenvalue weighted by molar-refractivity contribution is -0.140. The lowest BCUT2D eigenvalue weighted by atomic mass is 10.5. The van der Waals surface area contributed by atoms with Gasteiger partial charge in [-0.1, -0.05) is 6.92 Å². The lowest BCUT2D eigenvalue weighted by Gasteiger charge is -2.03. The number of carbonyl (C=O) groups excluding carboxylic acids is 2. The molecule has 0 saturated heterocycles. The van der Waals surface area contributed by atoms with E-state index in [4.69, 9.17) is 0 Å². The molecular formula is C7H12BNO4. The molecule has 6 heteroatoms. The number of carbonyl (C=O) groups is 2. The summed E-state index contributed by atoms with van der Waals surface area (Å²) in [6, 6.07) is 0. The third-order valence-corrected chi connectivity index (χ3v) is 1.16. The van der Waals surface area contributed by atoms with Gasteiger partial charge in [0.05, 0.1) is 0 Å². The number of hydrogen-bond acceptors (Lipinski definition) is 4. The van der Waals surface area contributed by atoms with Gasteiger partial charge in [-0.3, -0.25) is 9.59 Å². The Morgan fingerprint density at radius 2 is 2.08 bits per heavy atom. The Morgan fingerprint density at radius 1 is 1.38 bits per heavy atom. The maximum absolute atomic E-state index is 10.9. The van der Waals surface area contributed by atoms with Crippen LogP contribution in [0.3, 0.4) is 0 Å². The molecule has 0 rings (SSSR count). The van der Waals surface area contributed by atoms with Crippen LogP contribution < -0.4 is 5.32 Å². The van der Waals surface area contributed by atoms with E-state index < -0.39 is 5.97 Å². The number of ether oxygens (including phenoxy) is 1. The number of nitrogens with one attached hydrogen (secondary N) is 1. The molecule has 0 aromatic heterocycles. The van der Waals surface area contributed by atoms with Gasteiger partial charge in [0.15, 0.2) is 0 Å². The highest BCUT2D eigenvalue weighted by Gasteiger charge is 2.03. The van der Waals surface area contributed by atoms with Crippen molar-refractivity contribution in [3.05, 3.63) is 0 Å². The van der Waals surface area contributed by atoms with E-state index in [0.717, 1.165) is 6.42 Å². The minimum atomic E-state index is -0.705. The van der Waals surface area contributed by atoms with Gasteiger partial charge in [-0.25, -0.2) is 0 Å². The number of hydrogen-bond donors (Lipinski definition) is 1. The molecule has 2 radical (unpaired) electrons. The summed E-state index contributed by atoms with van der Waals surface area (Å²) in [6.07, 6.45) is 0.858. The van der Waals surface area contributed by atoms with Crippen molar-refractivity contribution in [3.8, 4) is 0 Å². The van der Waals surface area contributed by atoms with Crippen molar-refractivity contribution in [1.29, 1.82) is 0 Å². The monoisotopic (exact) mass is 185 g/mol. The topological polar surface area (TPSA) is 64.6 Å². The standard InChI is InChI=1S/C7H12BNO4/c1-2-3-9-6(10)4-12-5-7(11)13-8/h2-5H2,1H3,(H,9,10). The Kier molecular flexibility index (Phi) is 7.00. The second-order valence-corrected chi connectivity index (χ2v) is 2.33. The summed E-state index contributed by atoms with van der Waals surface area (Å²) in [6.45, 7) is 2.07. The van der Waals surface area contributed by atoms with Crippen molar-refractivity contribution in [3.63, 3.8) is 0 Å². The van der Waals surface area contributed by atoms with E-state index in [1.165, 1.54) is 0 Å². The Balaban J connectivity index is 3.31. The lowest BCUT2D eigenvalue weighted by Crippen LogP contribution is -2.29. The highest BCUT2D eigenvalue weighted by atomic mass is 16.5. The molecule has 0 unspecified atom stereocenters. The molecule has 72 valence electrons. The fourth-order valence-electron chi connectivity index (χ4n) is 0.577. The van der Waals surface area contributed by atoms with E-state index in [2.05, 4.69) is 22.8 Å². The zero-order valence-electron chi connectivity index (χ0n) is 7.54. The second kappa shape index (κ2) is 7.61. The van der Waals surface area contributed by atoms with Crippen molar-refractivity contribution >= 4 is 19.9 Å². The van der Waals surface area contributed by atoms with Crippen molar-refractivity contribution in [2.75, 3.05) is 19.8 Å². The Hall–Kier alpha value is -1.04. The van der Waals surface area contributed by atoms with E-state index in [-0.39, 0.29) is 19.1 Å². The van der Waals surface area contributed by atoms with Gasteiger partial charge >= 0.3 is 14.0 Å². The third-order valence-electron chi connectivity index (χ3n) is 1.16. The highest BCUT2D eigenvalue weighted by Crippen LogP contribution is 1.79. The van der Waals surface area contributed by atoms with Crippen molar-refractivity contribution in [2.24, 2.45) is 0 Å². The van der Waals surface area contributed by atoms with Gasteiger partial charge in [0.2, 0.25) is 5.91 Å². The van der Waals surface area contributed by atoms with E-state index in [1.807, 2.05) is 6.92 Å². The Bertz CT molecular complexity index is 174. The van der Waals surface area contributed by atoms with Crippen molar-refractivity contribution in [2.45, 2.75) is 13.3 Å². The predicted octanol–water partition coefficient (Wildman–Crippen LogP) is -0.844. The maximum atomic E-state index is 10.9. The predicted molar refractivity (Wildman–Crippen MR) is 46.0 cm³/mol. The summed E-state index contributed by atoms with van der Waals surface area (Å²) in [5.74, 6) is -0.963. The average Bonchev–Trinajstić information content (AvgIpc) is 2.14. The molecular weight excluding hydrogens is 173 g/mol. The largest absolute Gasteiger partial charge is 0.542 e. The van der Waals surface area contributed by atoms with E-state index >= 15 is 0 Å². The fraction of sp³-hybridized carbons (Fsp3) is 0.714. The van der Waals surface area contributed by atoms with Crippen LogP contribution in [0.5, 0.6) is 0 Å². The van der Waals surface area contributed by atoms with Gasteiger partial charge in [-0.05, 0) is 6.42 Å². The van der Waals surface area contributed by atoms with Crippen LogP contribution in [-0.4, -0.2) is 39.7 Å². The Morgan fingerprint density at radius 3 is 2.62 bits per heavy atom. The van der Waals surface area contributed by atoms with Gasteiger partial charge in [0.1, 0.15) is 13.2 Å². The van der Waals surface area contributed by atoms with E-state index in [9.17, 15) is 9.59 Å². The summed E-state index contributed by atoms with van der Waals surface area (Å²) >= 11 is 0. The van der Waals surface area contributed by atoms with E-state index in [0.29, 0.717) is 6.54 Å². The second-order valence-electron chi connectivity index (χ2n) is 2.33.